The van der Waals surface area contributed by atoms with E-state index in [0.29, 0.717) is 12.2 Å². The Balaban J connectivity index is 1.64. The van der Waals surface area contributed by atoms with Crippen LogP contribution in [0.5, 0.6) is 0 Å². The quantitative estimate of drug-likeness (QED) is 0.229. The van der Waals surface area contributed by atoms with E-state index in [9.17, 15) is 0 Å². The van der Waals surface area contributed by atoms with Crippen LogP contribution in [0.25, 0.3) is 0 Å². The first kappa shape index (κ1) is 22.7. The Morgan fingerprint density at radius 2 is 1.23 bits per heavy atom. The van der Waals surface area contributed by atoms with Gasteiger partial charge in [-0.2, -0.15) is 0 Å². The molecular formula is C18H40O5Si3. The molecule has 2 rings (SSSR count). The van der Waals surface area contributed by atoms with Crippen molar-refractivity contribution >= 4 is 23.7 Å². The zero-order valence-corrected chi connectivity index (χ0v) is 20.8. The van der Waals surface area contributed by atoms with Crippen molar-refractivity contribution in [3.05, 3.63) is 0 Å². The molecule has 2 atom stereocenters. The van der Waals surface area contributed by atoms with Gasteiger partial charge in [0.1, 0.15) is 12.2 Å². The summed E-state index contributed by atoms with van der Waals surface area (Å²) in [5, 5.41) is 0. The van der Waals surface area contributed by atoms with Gasteiger partial charge in [-0.05, 0) is 45.1 Å². The summed E-state index contributed by atoms with van der Waals surface area (Å²) in [6, 6.07) is 2.48. The second-order valence-electron chi connectivity index (χ2n) is 9.52. The normalized spacial score (nSPS) is 23.3. The van der Waals surface area contributed by atoms with Crippen LogP contribution in [0.2, 0.25) is 51.4 Å². The monoisotopic (exact) mass is 420 g/mol. The maximum atomic E-state index is 6.93. The second kappa shape index (κ2) is 9.78. The predicted molar refractivity (Wildman–Crippen MR) is 113 cm³/mol. The van der Waals surface area contributed by atoms with Gasteiger partial charge in [-0.1, -0.05) is 19.1 Å². The fourth-order valence-corrected chi connectivity index (χ4v) is 20.1. The van der Waals surface area contributed by atoms with Crippen molar-refractivity contribution in [2.45, 2.75) is 76.4 Å². The van der Waals surface area contributed by atoms with Crippen LogP contribution in [-0.4, -0.2) is 75.6 Å². The van der Waals surface area contributed by atoms with Crippen molar-refractivity contribution in [2.24, 2.45) is 0 Å². The topological polar surface area (TPSA) is 52.8 Å². The zero-order valence-electron chi connectivity index (χ0n) is 17.8. The predicted octanol–water partition coefficient (Wildman–Crippen LogP) is 3.81. The standard InChI is InChI=1S/C18H40O5Si3/c1-24(2,11-7-9-19-13-17-15-21-17)23-26(5,6)25(3,4)12-8-10-20-14-18-16-22-18/h17-18H,7-16H2,1-6H3. The molecular weight excluding hydrogens is 380 g/mol. The maximum absolute atomic E-state index is 6.93. The van der Waals surface area contributed by atoms with Gasteiger partial charge in [-0.15, -0.1) is 0 Å². The van der Waals surface area contributed by atoms with E-state index >= 15 is 0 Å². The van der Waals surface area contributed by atoms with E-state index in [4.69, 9.17) is 23.1 Å². The van der Waals surface area contributed by atoms with Gasteiger partial charge in [0.25, 0.3) is 0 Å². The molecule has 0 spiro atoms. The highest BCUT2D eigenvalue weighted by Crippen LogP contribution is 2.30. The van der Waals surface area contributed by atoms with Crippen molar-refractivity contribution in [2.75, 3.05) is 39.6 Å². The zero-order chi connectivity index (χ0) is 19.3. The summed E-state index contributed by atoms with van der Waals surface area (Å²) in [6.45, 7) is 19.7. The lowest BCUT2D eigenvalue weighted by Crippen LogP contribution is -2.61. The molecule has 0 aromatic heterocycles. The smallest absolute Gasteiger partial charge is 0.173 e. The minimum Gasteiger partial charge on any atom is -0.458 e. The third-order valence-electron chi connectivity index (χ3n) is 5.73. The van der Waals surface area contributed by atoms with Gasteiger partial charge in [-0.25, -0.2) is 0 Å². The Morgan fingerprint density at radius 3 is 1.69 bits per heavy atom. The molecule has 2 aliphatic heterocycles. The molecule has 0 bridgehead atoms. The first-order valence-corrected chi connectivity index (χ1v) is 20.4. The molecule has 26 heavy (non-hydrogen) atoms. The molecule has 154 valence electrons. The summed E-state index contributed by atoms with van der Waals surface area (Å²) in [7, 11) is -4.66. The van der Waals surface area contributed by atoms with E-state index in [1.807, 2.05) is 0 Å². The Labute approximate surface area is 163 Å². The molecule has 2 unspecified atom stereocenters. The van der Waals surface area contributed by atoms with E-state index in [-0.39, 0.29) is 0 Å². The molecule has 0 aromatic carbocycles. The van der Waals surface area contributed by atoms with E-state index in [2.05, 4.69) is 39.3 Å². The fraction of sp³-hybridized carbons (Fsp3) is 1.00. The van der Waals surface area contributed by atoms with Gasteiger partial charge in [0, 0.05) is 13.2 Å². The van der Waals surface area contributed by atoms with E-state index < -0.39 is 23.7 Å². The largest absolute Gasteiger partial charge is 0.458 e. The van der Waals surface area contributed by atoms with Crippen LogP contribution < -0.4 is 0 Å². The molecule has 0 radical (unpaired) electrons. The van der Waals surface area contributed by atoms with Crippen molar-refractivity contribution in [3.8, 4) is 0 Å². The summed E-state index contributed by atoms with van der Waals surface area (Å²) < 4.78 is 28.7. The maximum Gasteiger partial charge on any atom is 0.173 e. The minimum absolute atomic E-state index is 0.371. The van der Waals surface area contributed by atoms with Crippen LogP contribution in [0, 0.1) is 0 Å². The SMILES string of the molecule is C[Si](C)(CCCOCC1CO1)O[Si](C)(C)[Si](C)(C)CCCOCC1CO1. The highest BCUT2D eigenvalue weighted by atomic mass is 29.3. The minimum atomic E-state index is -1.65. The summed E-state index contributed by atoms with van der Waals surface area (Å²) in [4.78, 5) is 0. The van der Waals surface area contributed by atoms with E-state index in [0.717, 1.165) is 52.5 Å². The van der Waals surface area contributed by atoms with Gasteiger partial charge in [0.15, 0.2) is 16.2 Å². The number of rotatable bonds is 15. The third-order valence-corrected chi connectivity index (χ3v) is 27.9. The fourth-order valence-electron chi connectivity index (χ4n) is 3.16. The van der Waals surface area contributed by atoms with Crippen LogP contribution in [0.4, 0.5) is 0 Å². The van der Waals surface area contributed by atoms with E-state index in [1.54, 1.807) is 0 Å². The Bertz CT molecular complexity index is 423. The van der Waals surface area contributed by atoms with Crippen LogP contribution in [0.3, 0.4) is 0 Å². The molecule has 2 saturated heterocycles. The summed E-state index contributed by atoms with van der Waals surface area (Å²) in [5.74, 6) is 0. The molecule has 0 N–H and O–H groups in total. The number of hydrogen-bond donors (Lipinski definition) is 0. The average Bonchev–Trinajstić information content (AvgIpc) is 3.40. The van der Waals surface area contributed by atoms with Crippen LogP contribution in [0.15, 0.2) is 0 Å². The summed E-state index contributed by atoms with van der Waals surface area (Å²) in [5.41, 5.74) is 0. The lowest BCUT2D eigenvalue weighted by molar-refractivity contribution is 0.116. The van der Waals surface area contributed by atoms with Crippen molar-refractivity contribution in [1.29, 1.82) is 0 Å². The van der Waals surface area contributed by atoms with E-state index in [1.165, 1.54) is 12.1 Å². The lowest BCUT2D eigenvalue weighted by Gasteiger charge is -2.43. The van der Waals surface area contributed by atoms with Gasteiger partial charge in [0.2, 0.25) is 0 Å². The molecule has 0 amide bonds. The Morgan fingerprint density at radius 1 is 0.769 bits per heavy atom. The van der Waals surface area contributed by atoms with Crippen LogP contribution in [0.1, 0.15) is 12.8 Å². The number of ether oxygens (including phenoxy) is 4. The van der Waals surface area contributed by atoms with Crippen molar-refractivity contribution in [3.63, 3.8) is 0 Å². The van der Waals surface area contributed by atoms with Crippen LogP contribution in [-0.2, 0) is 23.1 Å². The van der Waals surface area contributed by atoms with Crippen LogP contribution >= 0.6 is 0 Å². The first-order valence-electron chi connectivity index (χ1n) is 10.2. The van der Waals surface area contributed by atoms with Crippen molar-refractivity contribution < 1.29 is 23.1 Å². The first-order chi connectivity index (χ1) is 12.1. The van der Waals surface area contributed by atoms with Gasteiger partial charge < -0.3 is 23.1 Å². The number of epoxide rings is 2. The third kappa shape index (κ3) is 8.64. The Kier molecular flexibility index (Phi) is 8.55. The van der Waals surface area contributed by atoms with Gasteiger partial charge in [-0.3, -0.25) is 0 Å². The molecule has 2 heterocycles. The molecule has 5 nitrogen and oxygen atoms in total. The lowest BCUT2D eigenvalue weighted by atomic mass is 10.5. The average molecular weight is 421 g/mol. The molecule has 2 aliphatic rings. The summed E-state index contributed by atoms with van der Waals surface area (Å²) >= 11 is 0. The van der Waals surface area contributed by atoms with Gasteiger partial charge in [0.05, 0.1) is 34.0 Å². The molecule has 8 heteroatoms. The highest BCUT2D eigenvalue weighted by molar-refractivity contribution is 7.39. The second-order valence-corrected chi connectivity index (χ2v) is 29.3. The molecule has 2 fully saturated rings. The Hall–Kier alpha value is 0.451. The molecule has 0 saturated carbocycles. The molecule has 0 aromatic rings. The number of hydrogen-bond acceptors (Lipinski definition) is 5. The summed E-state index contributed by atoms with van der Waals surface area (Å²) in [6.07, 6.45) is 3.01. The van der Waals surface area contributed by atoms with Gasteiger partial charge >= 0.3 is 0 Å². The van der Waals surface area contributed by atoms with Crippen molar-refractivity contribution in [1.82, 2.24) is 0 Å². The molecule has 0 aliphatic carbocycles. The highest BCUT2D eigenvalue weighted by Gasteiger charge is 2.45.